The Morgan fingerprint density at radius 2 is 1.65 bits per heavy atom. The molecule has 2 atom stereocenters. The fourth-order valence-corrected chi connectivity index (χ4v) is 2.75. The summed E-state index contributed by atoms with van der Waals surface area (Å²) < 4.78 is 0. The van der Waals surface area contributed by atoms with Crippen molar-refractivity contribution in [1.29, 1.82) is 0 Å². The maximum absolute atomic E-state index is 12.0. The lowest BCUT2D eigenvalue weighted by Crippen LogP contribution is -2.45. The highest BCUT2D eigenvalue weighted by Crippen LogP contribution is 2.33. The van der Waals surface area contributed by atoms with Gasteiger partial charge < -0.3 is 5.32 Å². The van der Waals surface area contributed by atoms with Gasteiger partial charge in [0.25, 0.3) is 0 Å². The monoisotopic (exact) mass is 238 g/mol. The maximum Gasteiger partial charge on any atom is 0.232 e. The summed E-state index contributed by atoms with van der Waals surface area (Å²) in [4.78, 5) is 25.6. The number of amides is 2. The van der Waals surface area contributed by atoms with Crippen LogP contribution in [0.25, 0.3) is 0 Å². The van der Waals surface area contributed by atoms with Gasteiger partial charge in [0.15, 0.2) is 0 Å². The Bertz CT molecular complexity index is 314. The van der Waals surface area contributed by atoms with E-state index in [1.54, 1.807) is 0 Å². The Kier molecular flexibility index (Phi) is 3.25. The van der Waals surface area contributed by atoms with Gasteiger partial charge in [-0.15, -0.1) is 0 Å². The van der Waals surface area contributed by atoms with Gasteiger partial charge in [-0.25, -0.2) is 0 Å². The van der Waals surface area contributed by atoms with Crippen LogP contribution in [0.4, 0.5) is 0 Å². The van der Waals surface area contributed by atoms with E-state index in [1.165, 1.54) is 4.90 Å². The van der Waals surface area contributed by atoms with Gasteiger partial charge in [0, 0.05) is 18.4 Å². The fourth-order valence-electron chi connectivity index (χ4n) is 2.75. The summed E-state index contributed by atoms with van der Waals surface area (Å²) in [6.45, 7) is 8.46. The highest BCUT2D eigenvalue weighted by molar-refractivity contribution is 6.04. The average molecular weight is 238 g/mol. The Morgan fingerprint density at radius 3 is 2.12 bits per heavy atom. The molecule has 0 radical (unpaired) electrons. The molecule has 0 aromatic heterocycles. The molecule has 2 unspecified atom stereocenters. The standard InChI is InChI=1S/C13H22N2O2/c1-9-10(2)12(17)15(11(9)16)8-13(3)4-6-14-7-5-13/h9-10,14H,4-8H2,1-3H3. The van der Waals surface area contributed by atoms with Crippen molar-refractivity contribution < 1.29 is 9.59 Å². The SMILES string of the molecule is CC1C(=O)N(CC2(C)CCNCC2)C(=O)C1C. The van der Waals surface area contributed by atoms with Crippen LogP contribution < -0.4 is 5.32 Å². The number of nitrogens with zero attached hydrogens (tertiary/aromatic N) is 1. The van der Waals surface area contributed by atoms with Crippen molar-refractivity contribution in [2.75, 3.05) is 19.6 Å². The molecule has 0 aromatic carbocycles. The molecule has 2 aliphatic heterocycles. The minimum absolute atomic E-state index is 0.0160. The summed E-state index contributed by atoms with van der Waals surface area (Å²) in [6, 6.07) is 0. The van der Waals surface area contributed by atoms with E-state index in [-0.39, 0.29) is 29.1 Å². The van der Waals surface area contributed by atoms with E-state index in [0.717, 1.165) is 25.9 Å². The lowest BCUT2D eigenvalue weighted by atomic mass is 9.80. The normalized spacial score (nSPS) is 33.2. The van der Waals surface area contributed by atoms with Crippen molar-refractivity contribution in [3.63, 3.8) is 0 Å². The first-order chi connectivity index (χ1) is 7.94. The predicted octanol–water partition coefficient (Wildman–Crippen LogP) is 1.02. The van der Waals surface area contributed by atoms with Crippen molar-refractivity contribution in [2.45, 2.75) is 33.6 Å². The molecule has 2 amide bonds. The zero-order chi connectivity index (χ0) is 12.6. The van der Waals surface area contributed by atoms with Gasteiger partial charge in [-0.2, -0.15) is 0 Å². The summed E-state index contributed by atoms with van der Waals surface area (Å²) in [5.74, 6) is -0.259. The van der Waals surface area contributed by atoms with Crippen molar-refractivity contribution in [3.8, 4) is 0 Å². The van der Waals surface area contributed by atoms with Gasteiger partial charge in [0.05, 0.1) is 0 Å². The molecular weight excluding hydrogens is 216 g/mol. The molecule has 0 aliphatic carbocycles. The van der Waals surface area contributed by atoms with Crippen molar-refractivity contribution >= 4 is 11.8 Å². The Labute approximate surface area is 103 Å². The van der Waals surface area contributed by atoms with E-state index in [0.29, 0.717) is 6.54 Å². The number of carbonyl (C=O) groups excluding carboxylic acids is 2. The van der Waals surface area contributed by atoms with E-state index in [9.17, 15) is 9.59 Å². The van der Waals surface area contributed by atoms with Gasteiger partial charge in [0.2, 0.25) is 11.8 Å². The molecule has 4 nitrogen and oxygen atoms in total. The first-order valence-corrected chi connectivity index (χ1v) is 6.50. The predicted molar refractivity (Wildman–Crippen MR) is 65.3 cm³/mol. The molecule has 0 aromatic rings. The zero-order valence-corrected chi connectivity index (χ0v) is 11.0. The number of imide groups is 1. The Morgan fingerprint density at radius 1 is 1.18 bits per heavy atom. The summed E-state index contributed by atoms with van der Waals surface area (Å²) in [5, 5.41) is 3.32. The second-order valence-corrected chi connectivity index (χ2v) is 5.90. The van der Waals surface area contributed by atoms with Crippen LogP contribution in [0.2, 0.25) is 0 Å². The molecule has 2 rings (SSSR count). The van der Waals surface area contributed by atoms with Crippen molar-refractivity contribution in [2.24, 2.45) is 17.3 Å². The number of hydrogen-bond donors (Lipinski definition) is 1. The van der Waals surface area contributed by atoms with Gasteiger partial charge in [-0.05, 0) is 31.3 Å². The van der Waals surface area contributed by atoms with Gasteiger partial charge >= 0.3 is 0 Å². The molecule has 0 bridgehead atoms. The maximum atomic E-state index is 12.0. The van der Waals surface area contributed by atoms with Crippen LogP contribution >= 0.6 is 0 Å². The van der Waals surface area contributed by atoms with E-state index < -0.39 is 0 Å². The minimum Gasteiger partial charge on any atom is -0.317 e. The Balaban J connectivity index is 2.08. The van der Waals surface area contributed by atoms with Gasteiger partial charge in [0.1, 0.15) is 0 Å². The molecule has 2 heterocycles. The van der Waals surface area contributed by atoms with Crippen LogP contribution in [0.1, 0.15) is 33.6 Å². The number of nitrogens with one attached hydrogen (secondary N) is 1. The number of hydrogen-bond acceptors (Lipinski definition) is 3. The number of likely N-dealkylation sites (tertiary alicyclic amines) is 1. The topological polar surface area (TPSA) is 49.4 Å². The first-order valence-electron chi connectivity index (χ1n) is 6.50. The summed E-state index contributed by atoms with van der Waals surface area (Å²) >= 11 is 0. The number of piperidine rings is 1. The van der Waals surface area contributed by atoms with Crippen molar-refractivity contribution in [1.82, 2.24) is 10.2 Å². The summed E-state index contributed by atoms with van der Waals surface area (Å²) in [6.07, 6.45) is 2.07. The van der Waals surface area contributed by atoms with Crippen molar-refractivity contribution in [3.05, 3.63) is 0 Å². The minimum atomic E-state index is -0.146. The van der Waals surface area contributed by atoms with Crippen LogP contribution in [0, 0.1) is 17.3 Å². The van der Waals surface area contributed by atoms with E-state index >= 15 is 0 Å². The molecule has 17 heavy (non-hydrogen) atoms. The smallest absolute Gasteiger partial charge is 0.232 e. The van der Waals surface area contributed by atoms with Gasteiger partial charge in [-0.3, -0.25) is 14.5 Å². The zero-order valence-electron chi connectivity index (χ0n) is 11.0. The third-order valence-electron chi connectivity index (χ3n) is 4.41. The molecule has 0 spiro atoms. The molecule has 96 valence electrons. The van der Waals surface area contributed by atoms with Crippen LogP contribution in [-0.4, -0.2) is 36.3 Å². The lowest BCUT2D eigenvalue weighted by Gasteiger charge is -2.36. The second kappa shape index (κ2) is 4.41. The van der Waals surface area contributed by atoms with Crippen LogP contribution in [-0.2, 0) is 9.59 Å². The second-order valence-electron chi connectivity index (χ2n) is 5.90. The lowest BCUT2D eigenvalue weighted by molar-refractivity contribution is -0.141. The highest BCUT2D eigenvalue weighted by Gasteiger charge is 2.44. The quantitative estimate of drug-likeness (QED) is 0.731. The molecular formula is C13H22N2O2. The molecule has 0 saturated carbocycles. The average Bonchev–Trinajstić information content (AvgIpc) is 2.48. The summed E-state index contributed by atoms with van der Waals surface area (Å²) in [5.41, 5.74) is 0.0976. The first kappa shape index (κ1) is 12.6. The largest absolute Gasteiger partial charge is 0.317 e. The molecule has 2 saturated heterocycles. The van der Waals surface area contributed by atoms with Crippen LogP contribution in [0.3, 0.4) is 0 Å². The van der Waals surface area contributed by atoms with E-state index in [2.05, 4.69) is 12.2 Å². The van der Waals surface area contributed by atoms with Crippen LogP contribution in [0.15, 0.2) is 0 Å². The third-order valence-corrected chi connectivity index (χ3v) is 4.41. The van der Waals surface area contributed by atoms with Gasteiger partial charge in [-0.1, -0.05) is 20.8 Å². The van der Waals surface area contributed by atoms with E-state index in [1.807, 2.05) is 13.8 Å². The molecule has 1 N–H and O–H groups in total. The highest BCUT2D eigenvalue weighted by atomic mass is 16.2. The number of carbonyl (C=O) groups is 2. The molecule has 2 aliphatic rings. The van der Waals surface area contributed by atoms with E-state index in [4.69, 9.17) is 0 Å². The number of rotatable bonds is 2. The fraction of sp³-hybridized carbons (Fsp3) is 0.846. The molecule has 4 heteroatoms. The van der Waals surface area contributed by atoms with Crippen LogP contribution in [0.5, 0.6) is 0 Å². The third kappa shape index (κ3) is 2.23. The Hall–Kier alpha value is -0.900. The summed E-state index contributed by atoms with van der Waals surface area (Å²) in [7, 11) is 0. The molecule has 2 fully saturated rings.